The summed E-state index contributed by atoms with van der Waals surface area (Å²) in [6, 6.07) is 90.6. The van der Waals surface area contributed by atoms with E-state index >= 15 is 0 Å². The summed E-state index contributed by atoms with van der Waals surface area (Å²) >= 11 is 0. The van der Waals surface area contributed by atoms with E-state index in [0.29, 0.717) is 0 Å². The Morgan fingerprint density at radius 1 is 0.213 bits per heavy atom. The average Bonchev–Trinajstić information content (AvgIpc) is 3.34. The first-order valence-electron chi connectivity index (χ1n) is 21.0. The van der Waals surface area contributed by atoms with Gasteiger partial charge in [-0.1, -0.05) is 212 Å². The average molecular weight is 776 g/mol. The standard InChI is InChI=1S/C60H41N/c1-3-17-44(18-4-1)54-28-13-14-32-59(54)61(50-36-33-42(34-37-50)46-24-15-25-47(39-46)52-31-16-23-43-21-7-9-26-51(43)52)60-41-49(35-38-55(60)45-19-5-2-6-20-45)58-40-48-22-8-10-27-53(48)56-29-11-12-30-57(56)58/h1-41H. The molecule has 0 fully saturated rings. The number of anilines is 3. The van der Waals surface area contributed by atoms with Crippen molar-refractivity contribution in [1.82, 2.24) is 0 Å². The van der Waals surface area contributed by atoms with Crippen molar-refractivity contribution in [3.05, 3.63) is 249 Å². The van der Waals surface area contributed by atoms with Crippen molar-refractivity contribution in [2.24, 2.45) is 0 Å². The summed E-state index contributed by atoms with van der Waals surface area (Å²) in [7, 11) is 0. The van der Waals surface area contributed by atoms with Gasteiger partial charge in [0.1, 0.15) is 0 Å². The van der Waals surface area contributed by atoms with Gasteiger partial charge in [0.2, 0.25) is 0 Å². The fraction of sp³-hybridized carbons (Fsp3) is 0. The van der Waals surface area contributed by atoms with Crippen LogP contribution in [0.4, 0.5) is 17.1 Å². The SMILES string of the molecule is c1ccc(-c2ccccc2N(c2ccc(-c3cccc(-c4cccc5ccccc45)c3)cc2)c2cc(-c3cc4ccccc4c4ccccc34)ccc2-c2ccccc2)cc1. The third kappa shape index (κ3) is 6.73. The number of para-hydroxylation sites is 1. The lowest BCUT2D eigenvalue weighted by Gasteiger charge is -2.30. The van der Waals surface area contributed by atoms with E-state index in [1.165, 1.54) is 71.3 Å². The first-order valence-corrected chi connectivity index (χ1v) is 21.0. The van der Waals surface area contributed by atoms with Gasteiger partial charge >= 0.3 is 0 Å². The van der Waals surface area contributed by atoms with E-state index in [4.69, 9.17) is 0 Å². The largest absolute Gasteiger partial charge is 0.309 e. The quantitative estimate of drug-likeness (QED) is 0.139. The molecule has 0 amide bonds. The lowest BCUT2D eigenvalue weighted by atomic mass is 9.91. The first-order chi connectivity index (χ1) is 30.3. The second-order valence-electron chi connectivity index (χ2n) is 15.7. The Hall–Kier alpha value is -8.00. The Labute approximate surface area is 357 Å². The van der Waals surface area contributed by atoms with Crippen molar-refractivity contribution in [2.45, 2.75) is 0 Å². The predicted molar refractivity (Wildman–Crippen MR) is 261 cm³/mol. The van der Waals surface area contributed by atoms with Gasteiger partial charge in [0.15, 0.2) is 0 Å². The molecule has 61 heavy (non-hydrogen) atoms. The minimum Gasteiger partial charge on any atom is -0.309 e. The summed E-state index contributed by atoms with van der Waals surface area (Å²) in [6.45, 7) is 0. The monoisotopic (exact) mass is 775 g/mol. The number of rotatable bonds is 8. The topological polar surface area (TPSA) is 3.24 Å². The molecule has 0 spiro atoms. The molecule has 0 saturated carbocycles. The predicted octanol–water partition coefficient (Wildman–Crippen LogP) is 17.0. The lowest BCUT2D eigenvalue weighted by Crippen LogP contribution is -2.12. The van der Waals surface area contributed by atoms with Crippen LogP contribution in [0.2, 0.25) is 0 Å². The van der Waals surface area contributed by atoms with E-state index in [-0.39, 0.29) is 0 Å². The minimum absolute atomic E-state index is 1.08. The molecule has 286 valence electrons. The Bertz CT molecular complexity index is 3340. The summed E-state index contributed by atoms with van der Waals surface area (Å²) in [5, 5.41) is 7.51. The molecule has 11 aromatic rings. The van der Waals surface area contributed by atoms with Gasteiger partial charge in [-0.3, -0.25) is 0 Å². The van der Waals surface area contributed by atoms with E-state index in [1.807, 2.05) is 0 Å². The molecule has 0 bridgehead atoms. The maximum Gasteiger partial charge on any atom is 0.0546 e. The summed E-state index contributed by atoms with van der Waals surface area (Å²) in [4.78, 5) is 2.47. The maximum atomic E-state index is 2.47. The van der Waals surface area contributed by atoms with Crippen LogP contribution < -0.4 is 4.90 Å². The number of hydrogen-bond acceptors (Lipinski definition) is 1. The molecule has 0 aliphatic rings. The van der Waals surface area contributed by atoms with Crippen LogP contribution >= 0.6 is 0 Å². The van der Waals surface area contributed by atoms with Crippen molar-refractivity contribution in [3.63, 3.8) is 0 Å². The highest BCUT2D eigenvalue weighted by Crippen LogP contribution is 2.47. The van der Waals surface area contributed by atoms with Gasteiger partial charge in [-0.25, -0.2) is 0 Å². The molecular formula is C60H41N. The molecular weight excluding hydrogens is 735 g/mol. The van der Waals surface area contributed by atoms with Gasteiger partial charge < -0.3 is 4.90 Å². The number of benzene rings is 11. The molecule has 0 unspecified atom stereocenters. The van der Waals surface area contributed by atoms with E-state index < -0.39 is 0 Å². The van der Waals surface area contributed by atoms with Crippen LogP contribution in [-0.2, 0) is 0 Å². The van der Waals surface area contributed by atoms with Crippen LogP contribution in [0.3, 0.4) is 0 Å². The number of fused-ring (bicyclic) bond motifs is 4. The molecule has 0 aliphatic heterocycles. The highest BCUT2D eigenvalue weighted by Gasteiger charge is 2.22. The van der Waals surface area contributed by atoms with Crippen LogP contribution in [0.25, 0.3) is 88.0 Å². The van der Waals surface area contributed by atoms with Crippen LogP contribution in [0.1, 0.15) is 0 Å². The first kappa shape index (κ1) is 36.1. The molecule has 0 radical (unpaired) electrons. The molecule has 0 aliphatic carbocycles. The zero-order valence-corrected chi connectivity index (χ0v) is 33.6. The zero-order valence-electron chi connectivity index (χ0n) is 33.6. The highest BCUT2D eigenvalue weighted by atomic mass is 15.1. The van der Waals surface area contributed by atoms with E-state index in [0.717, 1.165) is 33.8 Å². The molecule has 0 heterocycles. The smallest absolute Gasteiger partial charge is 0.0546 e. The molecule has 1 nitrogen and oxygen atoms in total. The highest BCUT2D eigenvalue weighted by molar-refractivity contribution is 6.14. The van der Waals surface area contributed by atoms with Crippen LogP contribution in [-0.4, -0.2) is 0 Å². The second-order valence-corrected chi connectivity index (χ2v) is 15.7. The molecule has 0 N–H and O–H groups in total. The van der Waals surface area contributed by atoms with Gasteiger partial charge in [0.05, 0.1) is 11.4 Å². The molecule has 0 atom stereocenters. The normalized spacial score (nSPS) is 11.3. The van der Waals surface area contributed by atoms with Crippen molar-refractivity contribution in [2.75, 3.05) is 4.90 Å². The fourth-order valence-electron chi connectivity index (χ4n) is 9.12. The van der Waals surface area contributed by atoms with Gasteiger partial charge in [0.25, 0.3) is 0 Å². The van der Waals surface area contributed by atoms with Crippen molar-refractivity contribution in [1.29, 1.82) is 0 Å². The van der Waals surface area contributed by atoms with E-state index in [9.17, 15) is 0 Å². The van der Waals surface area contributed by atoms with E-state index in [2.05, 4.69) is 254 Å². The van der Waals surface area contributed by atoms with Gasteiger partial charge in [-0.05, 0) is 113 Å². The molecule has 0 aromatic heterocycles. The zero-order chi connectivity index (χ0) is 40.5. The molecule has 11 rings (SSSR count). The second kappa shape index (κ2) is 15.6. The van der Waals surface area contributed by atoms with Crippen LogP contribution in [0.15, 0.2) is 249 Å². The van der Waals surface area contributed by atoms with Crippen LogP contribution in [0.5, 0.6) is 0 Å². The Kier molecular flexibility index (Phi) is 9.26. The minimum atomic E-state index is 1.08. The number of hydrogen-bond donors (Lipinski definition) is 0. The van der Waals surface area contributed by atoms with E-state index in [1.54, 1.807) is 0 Å². The molecule has 1 heteroatoms. The molecule has 11 aromatic carbocycles. The Morgan fingerprint density at radius 3 is 1.49 bits per heavy atom. The maximum absolute atomic E-state index is 2.47. The summed E-state index contributed by atoms with van der Waals surface area (Å²) in [5.41, 5.74) is 15.1. The van der Waals surface area contributed by atoms with Gasteiger partial charge in [-0.15, -0.1) is 0 Å². The summed E-state index contributed by atoms with van der Waals surface area (Å²) in [6.07, 6.45) is 0. The lowest BCUT2D eigenvalue weighted by molar-refractivity contribution is 1.28. The Balaban J connectivity index is 1.11. The Morgan fingerprint density at radius 2 is 0.721 bits per heavy atom. The van der Waals surface area contributed by atoms with Crippen molar-refractivity contribution in [3.8, 4) is 55.6 Å². The summed E-state index contributed by atoms with van der Waals surface area (Å²) in [5.74, 6) is 0. The third-order valence-corrected chi connectivity index (χ3v) is 12.1. The van der Waals surface area contributed by atoms with Crippen molar-refractivity contribution >= 4 is 49.4 Å². The third-order valence-electron chi connectivity index (χ3n) is 12.1. The van der Waals surface area contributed by atoms with Gasteiger partial charge in [-0.2, -0.15) is 0 Å². The number of nitrogens with zero attached hydrogens (tertiary/aromatic N) is 1. The van der Waals surface area contributed by atoms with Gasteiger partial charge in [0, 0.05) is 16.8 Å². The van der Waals surface area contributed by atoms with Crippen LogP contribution in [0, 0.1) is 0 Å². The fourth-order valence-corrected chi connectivity index (χ4v) is 9.12. The molecule has 0 saturated heterocycles. The summed E-state index contributed by atoms with van der Waals surface area (Å²) < 4.78 is 0. The van der Waals surface area contributed by atoms with Crippen molar-refractivity contribution < 1.29 is 0 Å².